The lowest BCUT2D eigenvalue weighted by Crippen LogP contribution is -2.40. The molecule has 2 aliphatic heterocycles. The van der Waals surface area contributed by atoms with Crippen molar-refractivity contribution in [2.75, 3.05) is 51.7 Å². The molecule has 0 atom stereocenters. The Labute approximate surface area is 110 Å². The number of ether oxygens (including phenoxy) is 1. The Morgan fingerprint density at radius 2 is 1.67 bits per heavy atom. The van der Waals surface area contributed by atoms with Crippen LogP contribution in [0.5, 0.6) is 0 Å². The maximum Gasteiger partial charge on any atom is 0.215 e. The molecule has 2 saturated heterocycles. The van der Waals surface area contributed by atoms with Crippen LogP contribution in [0.3, 0.4) is 0 Å². The standard InChI is InChI=1S/C12H24N2O3S/c15-18(16,14-6-2-1-3-7-14)12-9-13-5-4-10-17-11-8-13/h1-12H2. The quantitative estimate of drug-likeness (QED) is 0.751. The molecular formula is C12H24N2O3S. The summed E-state index contributed by atoms with van der Waals surface area (Å²) in [4.78, 5) is 2.20. The van der Waals surface area contributed by atoms with E-state index in [2.05, 4.69) is 4.90 Å². The normalized spacial score (nSPS) is 24.9. The van der Waals surface area contributed by atoms with Crippen LogP contribution in [0, 0.1) is 0 Å². The van der Waals surface area contributed by atoms with Crippen LogP contribution in [0.25, 0.3) is 0 Å². The molecule has 0 N–H and O–H groups in total. The minimum atomic E-state index is -3.04. The fourth-order valence-electron chi connectivity index (χ4n) is 2.54. The summed E-state index contributed by atoms with van der Waals surface area (Å²) >= 11 is 0. The number of rotatable bonds is 4. The second-order valence-electron chi connectivity index (χ2n) is 5.08. The van der Waals surface area contributed by atoms with Crippen molar-refractivity contribution >= 4 is 10.0 Å². The van der Waals surface area contributed by atoms with Gasteiger partial charge in [-0.05, 0) is 19.3 Å². The summed E-state index contributed by atoms with van der Waals surface area (Å²) in [6.45, 7) is 5.41. The average molecular weight is 276 g/mol. The van der Waals surface area contributed by atoms with Crippen LogP contribution >= 0.6 is 0 Å². The van der Waals surface area contributed by atoms with Gasteiger partial charge in [-0.1, -0.05) is 6.42 Å². The molecule has 2 rings (SSSR count). The van der Waals surface area contributed by atoms with Gasteiger partial charge >= 0.3 is 0 Å². The zero-order chi connectivity index (χ0) is 12.8. The smallest absolute Gasteiger partial charge is 0.215 e. The molecule has 18 heavy (non-hydrogen) atoms. The summed E-state index contributed by atoms with van der Waals surface area (Å²) in [5, 5.41) is 0. The summed E-state index contributed by atoms with van der Waals surface area (Å²) in [7, 11) is -3.04. The van der Waals surface area contributed by atoms with Crippen LogP contribution in [-0.2, 0) is 14.8 Å². The molecule has 0 aromatic heterocycles. The topological polar surface area (TPSA) is 49.9 Å². The maximum absolute atomic E-state index is 12.2. The van der Waals surface area contributed by atoms with Crippen LogP contribution in [0.15, 0.2) is 0 Å². The highest BCUT2D eigenvalue weighted by Gasteiger charge is 2.24. The van der Waals surface area contributed by atoms with Gasteiger partial charge in [-0.3, -0.25) is 4.90 Å². The van der Waals surface area contributed by atoms with Gasteiger partial charge in [0.15, 0.2) is 0 Å². The van der Waals surface area contributed by atoms with Crippen LogP contribution in [0.4, 0.5) is 0 Å². The Balaban J connectivity index is 1.80. The molecule has 0 aliphatic carbocycles. The third-order valence-corrected chi connectivity index (χ3v) is 5.54. The summed E-state index contributed by atoms with van der Waals surface area (Å²) < 4.78 is 31.4. The molecule has 2 fully saturated rings. The Morgan fingerprint density at radius 3 is 2.44 bits per heavy atom. The molecule has 2 heterocycles. The van der Waals surface area contributed by atoms with Gasteiger partial charge in [0, 0.05) is 39.3 Å². The van der Waals surface area contributed by atoms with Gasteiger partial charge in [-0.2, -0.15) is 0 Å². The predicted octanol–water partition coefficient (Wildman–Crippen LogP) is 0.524. The van der Waals surface area contributed by atoms with Gasteiger partial charge in [0.2, 0.25) is 10.0 Å². The van der Waals surface area contributed by atoms with Gasteiger partial charge < -0.3 is 4.74 Å². The number of piperidine rings is 1. The summed E-state index contributed by atoms with van der Waals surface area (Å²) in [6, 6.07) is 0. The van der Waals surface area contributed by atoms with E-state index in [1.807, 2.05) is 0 Å². The number of sulfonamides is 1. The van der Waals surface area contributed by atoms with Gasteiger partial charge in [0.05, 0.1) is 12.4 Å². The van der Waals surface area contributed by atoms with Crippen LogP contribution in [-0.4, -0.2) is 69.3 Å². The van der Waals surface area contributed by atoms with Crippen LogP contribution in [0.2, 0.25) is 0 Å². The van der Waals surface area contributed by atoms with E-state index in [1.54, 1.807) is 4.31 Å². The lowest BCUT2D eigenvalue weighted by molar-refractivity contribution is 0.142. The van der Waals surface area contributed by atoms with Crippen molar-refractivity contribution in [1.29, 1.82) is 0 Å². The van der Waals surface area contributed by atoms with E-state index in [1.165, 1.54) is 0 Å². The van der Waals surface area contributed by atoms with Crippen molar-refractivity contribution in [2.45, 2.75) is 25.7 Å². The van der Waals surface area contributed by atoms with Crippen molar-refractivity contribution in [3.8, 4) is 0 Å². The van der Waals surface area contributed by atoms with E-state index in [9.17, 15) is 8.42 Å². The van der Waals surface area contributed by atoms with E-state index in [4.69, 9.17) is 4.74 Å². The first-order valence-corrected chi connectivity index (χ1v) is 8.57. The summed E-state index contributed by atoms with van der Waals surface area (Å²) in [5.74, 6) is 0.257. The molecule has 0 aromatic carbocycles. The molecule has 0 radical (unpaired) electrons. The lowest BCUT2D eigenvalue weighted by atomic mass is 10.2. The first-order chi connectivity index (χ1) is 8.68. The molecule has 0 spiro atoms. The number of nitrogens with zero attached hydrogens (tertiary/aromatic N) is 2. The van der Waals surface area contributed by atoms with E-state index >= 15 is 0 Å². The Hall–Kier alpha value is -0.170. The molecule has 0 unspecified atom stereocenters. The number of hydrogen-bond donors (Lipinski definition) is 0. The highest BCUT2D eigenvalue weighted by molar-refractivity contribution is 7.89. The largest absolute Gasteiger partial charge is 0.380 e. The predicted molar refractivity (Wildman–Crippen MR) is 71.1 cm³/mol. The van der Waals surface area contributed by atoms with Crippen molar-refractivity contribution in [2.24, 2.45) is 0 Å². The molecule has 2 aliphatic rings. The molecule has 5 nitrogen and oxygen atoms in total. The molecule has 0 aromatic rings. The maximum atomic E-state index is 12.2. The van der Waals surface area contributed by atoms with Crippen LogP contribution < -0.4 is 0 Å². The number of hydrogen-bond acceptors (Lipinski definition) is 4. The molecule has 6 heteroatoms. The van der Waals surface area contributed by atoms with Crippen molar-refractivity contribution in [1.82, 2.24) is 9.21 Å². The molecule has 0 bridgehead atoms. The van der Waals surface area contributed by atoms with Crippen molar-refractivity contribution in [3.05, 3.63) is 0 Å². The monoisotopic (exact) mass is 276 g/mol. The van der Waals surface area contributed by atoms with E-state index in [-0.39, 0.29) is 5.75 Å². The highest BCUT2D eigenvalue weighted by atomic mass is 32.2. The zero-order valence-electron chi connectivity index (χ0n) is 11.0. The molecule has 106 valence electrons. The molecule has 0 amide bonds. The zero-order valence-corrected chi connectivity index (χ0v) is 11.8. The Morgan fingerprint density at radius 1 is 0.889 bits per heavy atom. The lowest BCUT2D eigenvalue weighted by Gasteiger charge is -2.27. The first kappa shape index (κ1) is 14.2. The Bertz CT molecular complexity index is 331. The van der Waals surface area contributed by atoms with E-state index < -0.39 is 10.0 Å². The minimum absolute atomic E-state index is 0.257. The second kappa shape index (κ2) is 6.84. The third-order valence-electron chi connectivity index (χ3n) is 3.69. The van der Waals surface area contributed by atoms with Gasteiger partial charge in [0.1, 0.15) is 0 Å². The molecular weight excluding hydrogens is 252 g/mol. The highest BCUT2D eigenvalue weighted by Crippen LogP contribution is 2.13. The van der Waals surface area contributed by atoms with E-state index in [0.717, 1.165) is 52.0 Å². The van der Waals surface area contributed by atoms with Gasteiger partial charge in [-0.15, -0.1) is 0 Å². The Kier molecular flexibility index (Phi) is 5.41. The van der Waals surface area contributed by atoms with E-state index in [0.29, 0.717) is 19.6 Å². The second-order valence-corrected chi connectivity index (χ2v) is 7.17. The fourth-order valence-corrected chi connectivity index (χ4v) is 4.10. The molecule has 0 saturated carbocycles. The van der Waals surface area contributed by atoms with Gasteiger partial charge in [0.25, 0.3) is 0 Å². The fraction of sp³-hybridized carbons (Fsp3) is 1.00. The minimum Gasteiger partial charge on any atom is -0.380 e. The third kappa shape index (κ3) is 4.19. The summed E-state index contributed by atoms with van der Waals surface area (Å²) in [6.07, 6.45) is 4.19. The average Bonchev–Trinajstić information content (AvgIpc) is 2.66. The van der Waals surface area contributed by atoms with Crippen LogP contribution in [0.1, 0.15) is 25.7 Å². The SMILES string of the molecule is O=S(=O)(CCN1CCCOCC1)N1CCCCC1. The van der Waals surface area contributed by atoms with Crippen molar-refractivity contribution < 1.29 is 13.2 Å². The van der Waals surface area contributed by atoms with Crippen molar-refractivity contribution in [3.63, 3.8) is 0 Å². The first-order valence-electron chi connectivity index (χ1n) is 6.96. The summed E-state index contributed by atoms with van der Waals surface area (Å²) in [5.41, 5.74) is 0. The van der Waals surface area contributed by atoms with Gasteiger partial charge in [-0.25, -0.2) is 12.7 Å².